The van der Waals surface area contributed by atoms with Crippen molar-refractivity contribution in [3.8, 4) is 0 Å². The fourth-order valence-corrected chi connectivity index (χ4v) is 0.761. The van der Waals surface area contributed by atoms with E-state index in [0.29, 0.717) is 6.54 Å². The summed E-state index contributed by atoms with van der Waals surface area (Å²) in [5, 5.41) is 3.90. The smallest absolute Gasteiger partial charge is 0.265 e. The van der Waals surface area contributed by atoms with Gasteiger partial charge in [0.1, 0.15) is 13.6 Å². The SMILES string of the molecule is CC(=O)Cn1cn[n+](C)c1.[Cl-]. The van der Waals surface area contributed by atoms with Gasteiger partial charge in [-0.15, -0.1) is 4.68 Å². The van der Waals surface area contributed by atoms with Gasteiger partial charge in [-0.1, -0.05) is 0 Å². The Hall–Kier alpha value is -0.900. The first-order valence-corrected chi connectivity index (χ1v) is 3.05. The molecule has 0 aromatic carbocycles. The van der Waals surface area contributed by atoms with E-state index in [1.165, 1.54) is 0 Å². The Kier molecular flexibility index (Phi) is 3.74. The molecule has 4 nitrogen and oxygen atoms in total. The fourth-order valence-electron chi connectivity index (χ4n) is 0.761. The highest BCUT2D eigenvalue weighted by atomic mass is 35.5. The molecule has 0 aliphatic rings. The number of Topliss-reactive ketones (excluding diaryl/α,β-unsaturated/α-hetero) is 1. The molecule has 0 amide bonds. The Morgan fingerprint density at radius 2 is 2.36 bits per heavy atom. The first-order chi connectivity index (χ1) is 4.68. The average Bonchev–Trinajstić information content (AvgIpc) is 2.13. The first-order valence-electron chi connectivity index (χ1n) is 3.05. The molecule has 0 radical (unpaired) electrons. The Morgan fingerprint density at radius 1 is 1.73 bits per heavy atom. The predicted octanol–water partition coefficient (Wildman–Crippen LogP) is -3.70. The number of carbonyl (C=O) groups is 1. The minimum absolute atomic E-state index is 0. The van der Waals surface area contributed by atoms with Crippen molar-refractivity contribution in [2.45, 2.75) is 13.5 Å². The van der Waals surface area contributed by atoms with Crippen molar-refractivity contribution in [1.29, 1.82) is 0 Å². The third-order valence-corrected chi connectivity index (χ3v) is 1.10. The lowest BCUT2D eigenvalue weighted by molar-refractivity contribution is -0.728. The topological polar surface area (TPSA) is 38.8 Å². The van der Waals surface area contributed by atoms with Crippen LogP contribution in [0.2, 0.25) is 0 Å². The third-order valence-electron chi connectivity index (χ3n) is 1.10. The molecule has 0 atom stereocenters. The van der Waals surface area contributed by atoms with Crippen molar-refractivity contribution >= 4 is 5.78 Å². The van der Waals surface area contributed by atoms with Crippen LogP contribution < -0.4 is 17.1 Å². The Morgan fingerprint density at radius 3 is 2.73 bits per heavy atom. The van der Waals surface area contributed by atoms with Crippen molar-refractivity contribution in [2.75, 3.05) is 0 Å². The molecule has 11 heavy (non-hydrogen) atoms. The Bertz CT molecular complexity index is 246. The van der Waals surface area contributed by atoms with Gasteiger partial charge in [-0.25, -0.2) is 4.57 Å². The zero-order valence-electron chi connectivity index (χ0n) is 6.49. The molecule has 5 heteroatoms. The monoisotopic (exact) mass is 175 g/mol. The van der Waals surface area contributed by atoms with Gasteiger partial charge in [0.25, 0.3) is 6.33 Å². The van der Waals surface area contributed by atoms with Gasteiger partial charge < -0.3 is 12.4 Å². The van der Waals surface area contributed by atoms with E-state index in [0.717, 1.165) is 0 Å². The summed E-state index contributed by atoms with van der Waals surface area (Å²) in [5.41, 5.74) is 0. The summed E-state index contributed by atoms with van der Waals surface area (Å²) >= 11 is 0. The van der Waals surface area contributed by atoms with Gasteiger partial charge in [-0.2, -0.15) is 0 Å². The number of nitrogens with zero attached hydrogens (tertiary/aromatic N) is 3. The second-order valence-corrected chi connectivity index (χ2v) is 2.29. The van der Waals surface area contributed by atoms with E-state index >= 15 is 0 Å². The number of halogens is 1. The molecule has 1 rings (SSSR count). The maximum Gasteiger partial charge on any atom is 0.265 e. The molecule has 0 N–H and O–H groups in total. The maximum atomic E-state index is 10.6. The van der Waals surface area contributed by atoms with Crippen LogP contribution in [0.5, 0.6) is 0 Å². The minimum Gasteiger partial charge on any atom is -1.00 e. The quantitative estimate of drug-likeness (QED) is 0.434. The molecule has 0 aliphatic heterocycles. The molecule has 0 saturated carbocycles. The molecule has 1 heterocycles. The van der Waals surface area contributed by atoms with Crippen LogP contribution in [0.1, 0.15) is 6.92 Å². The zero-order valence-corrected chi connectivity index (χ0v) is 7.25. The molecule has 0 bridgehead atoms. The number of aromatic nitrogens is 3. The average molecular weight is 176 g/mol. The number of hydrogen-bond acceptors (Lipinski definition) is 2. The number of ketones is 1. The molecule has 0 spiro atoms. The maximum absolute atomic E-state index is 10.6. The van der Waals surface area contributed by atoms with Crippen molar-refractivity contribution in [3.63, 3.8) is 0 Å². The standard InChI is InChI=1S/C6H10N3O.ClH/c1-6(10)3-9-4-7-8(2)5-9;/h4-5H,3H2,1-2H3;1H/q+1;/p-1. The molecular formula is C6H10ClN3O. The van der Waals surface area contributed by atoms with E-state index in [-0.39, 0.29) is 18.2 Å². The van der Waals surface area contributed by atoms with E-state index in [1.54, 1.807) is 28.8 Å². The summed E-state index contributed by atoms with van der Waals surface area (Å²) in [7, 11) is 1.82. The third kappa shape index (κ3) is 3.13. The predicted molar refractivity (Wildman–Crippen MR) is 34.1 cm³/mol. The van der Waals surface area contributed by atoms with Crippen LogP contribution in [-0.2, 0) is 18.4 Å². The molecular weight excluding hydrogens is 166 g/mol. The second-order valence-electron chi connectivity index (χ2n) is 2.29. The number of rotatable bonds is 2. The van der Waals surface area contributed by atoms with E-state index < -0.39 is 0 Å². The van der Waals surface area contributed by atoms with Gasteiger partial charge >= 0.3 is 0 Å². The van der Waals surface area contributed by atoms with Gasteiger partial charge in [-0.3, -0.25) is 4.79 Å². The highest BCUT2D eigenvalue weighted by Crippen LogP contribution is 1.80. The highest BCUT2D eigenvalue weighted by Gasteiger charge is 2.02. The summed E-state index contributed by atoms with van der Waals surface area (Å²) in [6, 6.07) is 0. The van der Waals surface area contributed by atoms with Crippen molar-refractivity contribution in [2.24, 2.45) is 7.05 Å². The summed E-state index contributed by atoms with van der Waals surface area (Å²) in [5.74, 6) is 0.137. The lowest BCUT2D eigenvalue weighted by Gasteiger charge is -1.85. The lowest BCUT2D eigenvalue weighted by atomic mass is 10.4. The largest absolute Gasteiger partial charge is 1.00 e. The van der Waals surface area contributed by atoms with E-state index in [2.05, 4.69) is 5.10 Å². The van der Waals surface area contributed by atoms with Gasteiger partial charge in [-0.05, 0) is 12.0 Å². The number of carbonyl (C=O) groups excluding carboxylic acids is 1. The summed E-state index contributed by atoms with van der Waals surface area (Å²) < 4.78 is 3.39. The zero-order chi connectivity index (χ0) is 7.56. The van der Waals surface area contributed by atoms with Crippen molar-refractivity contribution in [1.82, 2.24) is 9.67 Å². The molecule has 1 aromatic rings. The number of hydrogen-bond donors (Lipinski definition) is 0. The van der Waals surface area contributed by atoms with Crippen LogP contribution in [-0.4, -0.2) is 15.4 Å². The normalized spacial score (nSPS) is 8.91. The van der Waals surface area contributed by atoms with Crippen molar-refractivity contribution in [3.05, 3.63) is 12.7 Å². The van der Waals surface area contributed by atoms with Crippen LogP contribution in [0.25, 0.3) is 0 Å². The van der Waals surface area contributed by atoms with Crippen LogP contribution >= 0.6 is 0 Å². The summed E-state index contributed by atoms with van der Waals surface area (Å²) in [6.45, 7) is 1.97. The Balaban J connectivity index is 0.000001000. The van der Waals surface area contributed by atoms with Crippen molar-refractivity contribution < 1.29 is 21.9 Å². The summed E-state index contributed by atoms with van der Waals surface area (Å²) in [6.07, 6.45) is 3.39. The molecule has 62 valence electrons. The van der Waals surface area contributed by atoms with Crippen LogP contribution in [0, 0.1) is 0 Å². The lowest BCUT2D eigenvalue weighted by Crippen LogP contribution is -3.00. The molecule has 0 saturated heterocycles. The highest BCUT2D eigenvalue weighted by molar-refractivity contribution is 5.75. The molecule has 0 fully saturated rings. The minimum atomic E-state index is 0. The molecule has 1 aromatic heterocycles. The van der Waals surface area contributed by atoms with Crippen LogP contribution in [0.3, 0.4) is 0 Å². The number of aryl methyl sites for hydroxylation is 1. The van der Waals surface area contributed by atoms with E-state index in [1.807, 2.05) is 7.05 Å². The van der Waals surface area contributed by atoms with Crippen LogP contribution in [0.4, 0.5) is 0 Å². The van der Waals surface area contributed by atoms with E-state index in [9.17, 15) is 4.79 Å². The molecule has 0 aliphatic carbocycles. The van der Waals surface area contributed by atoms with E-state index in [4.69, 9.17) is 0 Å². The first kappa shape index (κ1) is 10.1. The van der Waals surface area contributed by atoms with Gasteiger partial charge in [0, 0.05) is 0 Å². The Labute approximate surface area is 71.2 Å². The van der Waals surface area contributed by atoms with Gasteiger partial charge in [0.15, 0.2) is 5.78 Å². The fraction of sp³-hybridized carbons (Fsp3) is 0.500. The van der Waals surface area contributed by atoms with Crippen LogP contribution in [0.15, 0.2) is 12.7 Å². The van der Waals surface area contributed by atoms with Gasteiger partial charge in [0.05, 0.1) is 0 Å². The molecule has 0 unspecified atom stereocenters. The van der Waals surface area contributed by atoms with Gasteiger partial charge in [0.2, 0.25) is 6.33 Å². The second kappa shape index (κ2) is 4.08. The summed E-state index contributed by atoms with van der Waals surface area (Å²) in [4.78, 5) is 10.6.